The van der Waals surface area contributed by atoms with Crippen molar-refractivity contribution >= 4 is 23.1 Å². The molecule has 0 atom stereocenters. The average molecular weight is 447 g/mol. The lowest BCUT2D eigenvalue weighted by atomic mass is 10.0. The molecule has 4 heteroatoms. The van der Waals surface area contributed by atoms with Crippen LogP contribution in [-0.2, 0) is 19.2 Å². The first-order chi connectivity index (χ1) is 15.5. The number of hydrogen-bond acceptors (Lipinski definition) is 4. The molecule has 0 bridgehead atoms. The molecule has 4 nitrogen and oxygen atoms in total. The third kappa shape index (κ3) is 21.4. The summed E-state index contributed by atoms with van der Waals surface area (Å²) in [6.07, 6.45) is 24.8. The zero-order chi connectivity index (χ0) is 23.9. The Morgan fingerprint density at radius 3 is 1.72 bits per heavy atom. The molecule has 0 heterocycles. The van der Waals surface area contributed by atoms with Crippen LogP contribution in [0.3, 0.4) is 0 Å². The van der Waals surface area contributed by atoms with Gasteiger partial charge in [-0.3, -0.25) is 19.2 Å². The van der Waals surface area contributed by atoms with Gasteiger partial charge in [0.1, 0.15) is 11.6 Å². The van der Waals surface area contributed by atoms with E-state index < -0.39 is 11.6 Å². The molecule has 0 aromatic heterocycles. The maximum atomic E-state index is 11.9. The number of hydrogen-bond donors (Lipinski definition) is 0. The minimum atomic E-state index is -0.473. The van der Waals surface area contributed by atoms with Gasteiger partial charge in [-0.2, -0.15) is 0 Å². The van der Waals surface area contributed by atoms with Crippen molar-refractivity contribution in [3.8, 4) is 0 Å². The maximum absolute atomic E-state index is 11.9. The summed E-state index contributed by atoms with van der Waals surface area (Å²) < 4.78 is 0. The fraction of sp³-hybridized carbons (Fsp3) is 0.714. The largest absolute Gasteiger partial charge is 0.300 e. The molecule has 0 N–H and O–H groups in total. The number of unbranched alkanes of at least 4 members (excludes halogenated alkanes) is 11. The molecule has 182 valence electrons. The predicted molar refractivity (Wildman–Crippen MR) is 133 cm³/mol. The van der Waals surface area contributed by atoms with Gasteiger partial charge in [0, 0.05) is 32.6 Å². The number of allylic oxidation sites excluding steroid dienone is 4. The van der Waals surface area contributed by atoms with E-state index in [4.69, 9.17) is 0 Å². The first kappa shape index (κ1) is 30.2. The second-order valence-corrected chi connectivity index (χ2v) is 8.79. The minimum absolute atomic E-state index is 0.272. The lowest BCUT2D eigenvalue weighted by Gasteiger charge is -2.01. The molecular formula is C28H46O4. The molecule has 0 saturated heterocycles. The van der Waals surface area contributed by atoms with Gasteiger partial charge in [0.15, 0.2) is 5.78 Å². The van der Waals surface area contributed by atoms with Crippen molar-refractivity contribution in [3.05, 3.63) is 24.3 Å². The Hall–Kier alpha value is -1.84. The second kappa shape index (κ2) is 22.4. The van der Waals surface area contributed by atoms with Gasteiger partial charge in [0.2, 0.25) is 5.78 Å². The van der Waals surface area contributed by atoms with E-state index in [-0.39, 0.29) is 5.78 Å². The third-order valence-corrected chi connectivity index (χ3v) is 5.59. The number of carbonyl (C=O) groups is 4. The summed E-state index contributed by atoms with van der Waals surface area (Å²) in [5.74, 6) is -0.357. The van der Waals surface area contributed by atoms with Gasteiger partial charge in [-0.15, -0.1) is 0 Å². The lowest BCUT2D eigenvalue weighted by Crippen LogP contribution is -2.04. The van der Waals surface area contributed by atoms with Crippen molar-refractivity contribution in [3.63, 3.8) is 0 Å². The summed E-state index contributed by atoms with van der Waals surface area (Å²) in [6, 6.07) is 0. The number of Topliss-reactive ketones (excluding diaryl/α,β-unsaturated/α-hetero) is 3. The molecule has 0 aliphatic carbocycles. The van der Waals surface area contributed by atoms with E-state index in [0.29, 0.717) is 37.9 Å². The van der Waals surface area contributed by atoms with E-state index in [1.54, 1.807) is 6.08 Å². The summed E-state index contributed by atoms with van der Waals surface area (Å²) >= 11 is 0. The summed E-state index contributed by atoms with van der Waals surface area (Å²) in [7, 11) is 0. The first-order valence-electron chi connectivity index (χ1n) is 12.9. The van der Waals surface area contributed by atoms with E-state index >= 15 is 0 Å². The highest BCUT2D eigenvalue weighted by molar-refractivity contribution is 6.40. The van der Waals surface area contributed by atoms with Crippen molar-refractivity contribution in [2.75, 3.05) is 0 Å². The molecule has 0 saturated carbocycles. The summed E-state index contributed by atoms with van der Waals surface area (Å²) in [5, 5.41) is 0. The average Bonchev–Trinajstić information content (AvgIpc) is 2.76. The molecule has 0 aliphatic heterocycles. The van der Waals surface area contributed by atoms with Crippen molar-refractivity contribution in [1.82, 2.24) is 0 Å². The predicted octanol–water partition coefficient (Wildman–Crippen LogP) is 7.44. The highest BCUT2D eigenvalue weighted by Gasteiger charge is 2.04. The van der Waals surface area contributed by atoms with Gasteiger partial charge in [-0.05, 0) is 51.0 Å². The Morgan fingerprint density at radius 2 is 1.06 bits per heavy atom. The lowest BCUT2D eigenvalue weighted by molar-refractivity contribution is -0.132. The molecule has 0 aromatic carbocycles. The van der Waals surface area contributed by atoms with Gasteiger partial charge in [0.05, 0.1) is 0 Å². The second-order valence-electron chi connectivity index (χ2n) is 8.79. The fourth-order valence-electron chi connectivity index (χ4n) is 3.49. The number of carbonyl (C=O) groups excluding carboxylic acids is 4. The molecular weight excluding hydrogens is 400 g/mol. The van der Waals surface area contributed by atoms with Crippen LogP contribution < -0.4 is 0 Å². The van der Waals surface area contributed by atoms with Crippen LogP contribution in [0.15, 0.2) is 24.3 Å². The molecule has 0 amide bonds. The van der Waals surface area contributed by atoms with Crippen LogP contribution in [0.25, 0.3) is 0 Å². The van der Waals surface area contributed by atoms with Crippen molar-refractivity contribution in [2.24, 2.45) is 0 Å². The molecule has 0 aliphatic rings. The quantitative estimate of drug-likeness (QED) is 0.0708. The molecule has 0 radical (unpaired) electrons. The number of ketones is 4. The SMILES string of the molecule is CCCCCCCCCC=CCC(=O)CCCCCC(=O)CCCCC=CC(=O)C(C)=O. The normalized spacial score (nSPS) is 11.4. The molecule has 0 rings (SSSR count). The minimum Gasteiger partial charge on any atom is -0.300 e. The summed E-state index contributed by atoms with van der Waals surface area (Å²) in [6.45, 7) is 3.50. The molecule has 0 fully saturated rings. The van der Waals surface area contributed by atoms with E-state index in [1.807, 2.05) is 6.08 Å². The van der Waals surface area contributed by atoms with Gasteiger partial charge < -0.3 is 0 Å². The van der Waals surface area contributed by atoms with Crippen LogP contribution in [0.1, 0.15) is 129 Å². The van der Waals surface area contributed by atoms with Gasteiger partial charge >= 0.3 is 0 Å². The summed E-state index contributed by atoms with van der Waals surface area (Å²) in [4.78, 5) is 45.7. The topological polar surface area (TPSA) is 68.3 Å². The number of rotatable bonds is 23. The molecule has 0 unspecified atom stereocenters. The maximum Gasteiger partial charge on any atom is 0.220 e. The Kier molecular flexibility index (Phi) is 21.1. The zero-order valence-electron chi connectivity index (χ0n) is 20.7. The Bertz CT molecular complexity index is 586. The highest BCUT2D eigenvalue weighted by atomic mass is 16.2. The molecule has 0 spiro atoms. The van der Waals surface area contributed by atoms with Crippen LogP contribution >= 0.6 is 0 Å². The Balaban J connectivity index is 3.49. The molecule has 32 heavy (non-hydrogen) atoms. The highest BCUT2D eigenvalue weighted by Crippen LogP contribution is 2.11. The van der Waals surface area contributed by atoms with Crippen LogP contribution in [-0.4, -0.2) is 23.1 Å². The monoisotopic (exact) mass is 446 g/mol. The van der Waals surface area contributed by atoms with Crippen molar-refractivity contribution in [2.45, 2.75) is 129 Å². The van der Waals surface area contributed by atoms with Gasteiger partial charge in [0.25, 0.3) is 0 Å². The Labute approximate surface area is 196 Å². The van der Waals surface area contributed by atoms with E-state index in [9.17, 15) is 19.2 Å². The van der Waals surface area contributed by atoms with E-state index in [1.165, 1.54) is 57.9 Å². The smallest absolute Gasteiger partial charge is 0.220 e. The van der Waals surface area contributed by atoms with Gasteiger partial charge in [-0.1, -0.05) is 70.1 Å². The molecule has 0 aromatic rings. The van der Waals surface area contributed by atoms with E-state index in [0.717, 1.165) is 38.5 Å². The Morgan fingerprint density at radius 1 is 0.562 bits per heavy atom. The summed E-state index contributed by atoms with van der Waals surface area (Å²) in [5.41, 5.74) is 0. The first-order valence-corrected chi connectivity index (χ1v) is 12.9. The van der Waals surface area contributed by atoms with Crippen LogP contribution in [0.5, 0.6) is 0 Å². The fourth-order valence-corrected chi connectivity index (χ4v) is 3.49. The standard InChI is InChI=1S/C28H46O4/c1-3-4-5-6-7-8-9-10-11-15-20-26(30)22-17-14-18-23-27(31)21-16-12-13-19-24-28(32)25(2)29/h11,15,19,24H,3-10,12-14,16-18,20-23H2,1-2H3. The van der Waals surface area contributed by atoms with Gasteiger partial charge in [-0.25, -0.2) is 0 Å². The van der Waals surface area contributed by atoms with Crippen LogP contribution in [0, 0.1) is 0 Å². The van der Waals surface area contributed by atoms with Crippen LogP contribution in [0.2, 0.25) is 0 Å². The van der Waals surface area contributed by atoms with Crippen LogP contribution in [0.4, 0.5) is 0 Å². The van der Waals surface area contributed by atoms with Crippen molar-refractivity contribution < 1.29 is 19.2 Å². The third-order valence-electron chi connectivity index (χ3n) is 5.59. The van der Waals surface area contributed by atoms with E-state index in [2.05, 4.69) is 13.0 Å². The zero-order valence-corrected chi connectivity index (χ0v) is 20.7. The van der Waals surface area contributed by atoms with Crippen molar-refractivity contribution in [1.29, 1.82) is 0 Å².